The zero-order chi connectivity index (χ0) is 17.6. The Labute approximate surface area is 148 Å². The van der Waals surface area contributed by atoms with Gasteiger partial charge in [0, 0.05) is 17.5 Å². The number of Topliss-reactive ketones (excluding diaryl/α,β-unsaturated/α-hetero) is 2. The van der Waals surface area contributed by atoms with E-state index in [0.29, 0.717) is 11.1 Å². The Morgan fingerprint density at radius 2 is 1.36 bits per heavy atom. The lowest BCUT2D eigenvalue weighted by Gasteiger charge is -2.16. The first kappa shape index (κ1) is 16.8. The van der Waals surface area contributed by atoms with E-state index in [0.717, 1.165) is 11.1 Å². The molecule has 25 heavy (non-hydrogen) atoms. The Balaban J connectivity index is 1.93. The normalized spacial score (nSPS) is 11.7. The molecule has 0 N–H and O–H groups in total. The third kappa shape index (κ3) is 4.10. The first-order chi connectivity index (χ1) is 12.1. The largest absolute Gasteiger partial charge is 0.294 e. The number of carbonyl (C=O) groups excluding carboxylic acids is 2. The van der Waals surface area contributed by atoms with Crippen molar-refractivity contribution < 1.29 is 9.59 Å². The second kappa shape index (κ2) is 7.71. The summed E-state index contributed by atoms with van der Waals surface area (Å²) < 4.78 is 0. The standard InChI is InChI=1S/C23H20O2/c1-17-9-8-14-20(15-17)23(25)21(18-10-4-2-5-11-18)16-22(24)19-12-6-3-7-13-19/h2-15,21H,16H2,1H3. The molecule has 1 atom stereocenters. The van der Waals surface area contributed by atoms with Crippen molar-refractivity contribution in [2.24, 2.45) is 0 Å². The minimum absolute atomic E-state index is 0.0146. The number of carbonyl (C=O) groups is 2. The van der Waals surface area contributed by atoms with Crippen molar-refractivity contribution in [2.75, 3.05) is 0 Å². The topological polar surface area (TPSA) is 34.1 Å². The maximum Gasteiger partial charge on any atom is 0.170 e. The van der Waals surface area contributed by atoms with E-state index in [1.165, 1.54) is 0 Å². The van der Waals surface area contributed by atoms with Gasteiger partial charge >= 0.3 is 0 Å². The van der Waals surface area contributed by atoms with Gasteiger partial charge in [-0.15, -0.1) is 0 Å². The molecule has 3 rings (SSSR count). The highest BCUT2D eigenvalue weighted by molar-refractivity contribution is 6.06. The molecule has 1 unspecified atom stereocenters. The van der Waals surface area contributed by atoms with Crippen LogP contribution in [-0.2, 0) is 0 Å². The fraction of sp³-hybridized carbons (Fsp3) is 0.130. The minimum atomic E-state index is -0.476. The van der Waals surface area contributed by atoms with Crippen LogP contribution in [0.15, 0.2) is 84.9 Å². The molecule has 3 aromatic carbocycles. The Bertz CT molecular complexity index is 867. The summed E-state index contributed by atoms with van der Waals surface area (Å²) in [4.78, 5) is 25.8. The van der Waals surface area contributed by atoms with E-state index in [-0.39, 0.29) is 18.0 Å². The number of hydrogen-bond donors (Lipinski definition) is 0. The Morgan fingerprint density at radius 1 is 0.760 bits per heavy atom. The van der Waals surface area contributed by atoms with Crippen LogP contribution >= 0.6 is 0 Å². The van der Waals surface area contributed by atoms with Crippen molar-refractivity contribution in [2.45, 2.75) is 19.3 Å². The monoisotopic (exact) mass is 328 g/mol. The third-order valence-corrected chi connectivity index (χ3v) is 4.31. The van der Waals surface area contributed by atoms with Crippen molar-refractivity contribution >= 4 is 11.6 Å². The maximum absolute atomic E-state index is 13.1. The highest BCUT2D eigenvalue weighted by Gasteiger charge is 2.25. The molecule has 0 aliphatic heterocycles. The van der Waals surface area contributed by atoms with E-state index in [2.05, 4.69) is 0 Å². The molecule has 0 aliphatic carbocycles. The number of ketones is 2. The van der Waals surface area contributed by atoms with Crippen molar-refractivity contribution in [3.05, 3.63) is 107 Å². The second-order valence-corrected chi connectivity index (χ2v) is 6.19. The van der Waals surface area contributed by atoms with Gasteiger partial charge in [0.2, 0.25) is 0 Å². The van der Waals surface area contributed by atoms with Gasteiger partial charge in [0.05, 0.1) is 5.92 Å². The summed E-state index contributed by atoms with van der Waals surface area (Å²) in [7, 11) is 0. The number of benzene rings is 3. The Kier molecular flexibility index (Phi) is 5.20. The number of rotatable bonds is 6. The fourth-order valence-electron chi connectivity index (χ4n) is 2.97. The van der Waals surface area contributed by atoms with Gasteiger partial charge < -0.3 is 0 Å². The van der Waals surface area contributed by atoms with Crippen LogP contribution in [0.1, 0.15) is 44.2 Å². The summed E-state index contributed by atoms with van der Waals surface area (Å²) >= 11 is 0. The van der Waals surface area contributed by atoms with Crippen LogP contribution in [0.25, 0.3) is 0 Å². The van der Waals surface area contributed by atoms with Crippen molar-refractivity contribution in [3.8, 4) is 0 Å². The van der Waals surface area contributed by atoms with Crippen LogP contribution in [0.5, 0.6) is 0 Å². The predicted octanol–water partition coefficient (Wildman–Crippen LogP) is 5.23. The van der Waals surface area contributed by atoms with E-state index < -0.39 is 5.92 Å². The van der Waals surface area contributed by atoms with Gasteiger partial charge in [0.15, 0.2) is 11.6 Å². The first-order valence-electron chi connectivity index (χ1n) is 8.39. The number of hydrogen-bond acceptors (Lipinski definition) is 2. The van der Waals surface area contributed by atoms with Gasteiger partial charge in [0.25, 0.3) is 0 Å². The van der Waals surface area contributed by atoms with E-state index in [1.807, 2.05) is 79.7 Å². The molecule has 0 aromatic heterocycles. The molecule has 2 nitrogen and oxygen atoms in total. The van der Waals surface area contributed by atoms with Crippen molar-refractivity contribution in [1.82, 2.24) is 0 Å². The average molecular weight is 328 g/mol. The van der Waals surface area contributed by atoms with Crippen LogP contribution in [0.3, 0.4) is 0 Å². The SMILES string of the molecule is Cc1cccc(C(=O)C(CC(=O)c2ccccc2)c2ccccc2)c1. The van der Waals surface area contributed by atoms with Crippen LogP contribution in [0.4, 0.5) is 0 Å². The summed E-state index contributed by atoms with van der Waals surface area (Å²) in [5.41, 5.74) is 3.19. The fourth-order valence-corrected chi connectivity index (χ4v) is 2.97. The molecular weight excluding hydrogens is 308 g/mol. The van der Waals surface area contributed by atoms with Crippen molar-refractivity contribution in [3.63, 3.8) is 0 Å². The Morgan fingerprint density at radius 3 is 2.00 bits per heavy atom. The lowest BCUT2D eigenvalue weighted by atomic mass is 9.85. The highest BCUT2D eigenvalue weighted by atomic mass is 16.1. The summed E-state index contributed by atoms with van der Waals surface area (Å²) in [5, 5.41) is 0. The quantitative estimate of drug-likeness (QED) is 0.580. The summed E-state index contributed by atoms with van der Waals surface area (Å²) in [5.74, 6) is -0.509. The maximum atomic E-state index is 13.1. The zero-order valence-electron chi connectivity index (χ0n) is 14.2. The molecule has 3 aromatic rings. The molecule has 0 saturated carbocycles. The average Bonchev–Trinajstić information content (AvgIpc) is 2.67. The predicted molar refractivity (Wildman–Crippen MR) is 100 cm³/mol. The van der Waals surface area contributed by atoms with E-state index in [4.69, 9.17) is 0 Å². The first-order valence-corrected chi connectivity index (χ1v) is 8.39. The molecule has 0 spiro atoms. The Hall–Kier alpha value is -3.00. The smallest absolute Gasteiger partial charge is 0.170 e. The molecule has 0 radical (unpaired) electrons. The van der Waals surface area contributed by atoms with Gasteiger partial charge in [-0.1, -0.05) is 84.4 Å². The van der Waals surface area contributed by atoms with E-state index in [9.17, 15) is 9.59 Å². The third-order valence-electron chi connectivity index (χ3n) is 4.31. The van der Waals surface area contributed by atoms with Crippen LogP contribution in [-0.4, -0.2) is 11.6 Å². The van der Waals surface area contributed by atoms with Gasteiger partial charge in [-0.3, -0.25) is 9.59 Å². The second-order valence-electron chi connectivity index (χ2n) is 6.19. The molecule has 0 bridgehead atoms. The van der Waals surface area contributed by atoms with Crippen LogP contribution in [0.2, 0.25) is 0 Å². The lowest BCUT2D eigenvalue weighted by Crippen LogP contribution is -2.17. The minimum Gasteiger partial charge on any atom is -0.294 e. The van der Waals surface area contributed by atoms with E-state index >= 15 is 0 Å². The lowest BCUT2D eigenvalue weighted by molar-refractivity contribution is 0.0893. The zero-order valence-corrected chi connectivity index (χ0v) is 14.2. The molecular formula is C23H20O2. The molecule has 2 heteroatoms. The van der Waals surface area contributed by atoms with E-state index in [1.54, 1.807) is 12.1 Å². The summed E-state index contributed by atoms with van der Waals surface area (Å²) in [6, 6.07) is 26.2. The molecule has 124 valence electrons. The van der Waals surface area contributed by atoms with Gasteiger partial charge in [-0.2, -0.15) is 0 Å². The molecule has 0 fully saturated rings. The van der Waals surface area contributed by atoms with Gasteiger partial charge in [-0.05, 0) is 18.6 Å². The number of aryl methyl sites for hydroxylation is 1. The van der Waals surface area contributed by atoms with Crippen LogP contribution < -0.4 is 0 Å². The van der Waals surface area contributed by atoms with Crippen LogP contribution in [0, 0.1) is 6.92 Å². The molecule has 0 saturated heterocycles. The molecule has 0 aliphatic rings. The molecule has 0 amide bonds. The summed E-state index contributed by atoms with van der Waals surface area (Å²) in [6.45, 7) is 1.96. The molecule has 0 heterocycles. The summed E-state index contributed by atoms with van der Waals surface area (Å²) in [6.07, 6.45) is 0.167. The highest BCUT2D eigenvalue weighted by Crippen LogP contribution is 2.26. The van der Waals surface area contributed by atoms with Gasteiger partial charge in [0.1, 0.15) is 0 Å². The van der Waals surface area contributed by atoms with Gasteiger partial charge in [-0.25, -0.2) is 0 Å². The van der Waals surface area contributed by atoms with Crippen molar-refractivity contribution in [1.29, 1.82) is 0 Å².